The van der Waals surface area contributed by atoms with Crippen LogP contribution in [0.1, 0.15) is 49.7 Å². The Bertz CT molecular complexity index is 956. The van der Waals surface area contributed by atoms with E-state index < -0.39 is 10.0 Å². The lowest BCUT2D eigenvalue weighted by atomic mass is 9.69. The number of likely N-dealkylation sites (tertiary alicyclic amines) is 1. The van der Waals surface area contributed by atoms with Crippen molar-refractivity contribution in [2.45, 2.75) is 57.3 Å². The van der Waals surface area contributed by atoms with E-state index >= 15 is 0 Å². The van der Waals surface area contributed by atoms with Crippen LogP contribution in [0, 0.1) is 31.6 Å². The number of carbonyl (C=O) groups excluding carboxylic acids is 1. The van der Waals surface area contributed by atoms with Crippen molar-refractivity contribution in [1.29, 1.82) is 0 Å². The molecule has 0 aromatic heterocycles. The number of fused-ring (bicyclic) bond motifs is 1. The highest BCUT2D eigenvalue weighted by Gasteiger charge is 2.35. The Morgan fingerprint density at radius 2 is 1.74 bits per heavy atom. The number of rotatable bonds is 11. The Kier molecular flexibility index (Phi) is 9.77. The number of sulfonamides is 1. The van der Waals surface area contributed by atoms with Gasteiger partial charge in [0.1, 0.15) is 11.5 Å². The van der Waals surface area contributed by atoms with Gasteiger partial charge < -0.3 is 14.5 Å². The van der Waals surface area contributed by atoms with E-state index in [-0.39, 0.29) is 18.7 Å². The molecule has 1 heterocycles. The van der Waals surface area contributed by atoms with Gasteiger partial charge in [0, 0.05) is 46.1 Å². The van der Waals surface area contributed by atoms with E-state index in [1.165, 1.54) is 30.2 Å². The van der Waals surface area contributed by atoms with Crippen molar-refractivity contribution in [1.82, 2.24) is 14.1 Å². The number of benzene rings is 1. The molecular weight excluding hydrogens is 462 g/mol. The second-order valence-electron chi connectivity index (χ2n) is 11.0. The number of hydrogen-bond acceptors (Lipinski definition) is 6. The topological polar surface area (TPSA) is 70.2 Å². The summed E-state index contributed by atoms with van der Waals surface area (Å²) in [5, 5.41) is 0. The smallest absolute Gasteiger partial charge is 0.243 e. The van der Waals surface area contributed by atoms with Gasteiger partial charge in [-0.3, -0.25) is 4.79 Å². The number of likely N-dealkylation sites (N-methyl/N-ethyl adjacent to an activating group) is 1. The van der Waals surface area contributed by atoms with Gasteiger partial charge in [-0.05, 0) is 101 Å². The average molecular weight is 508 g/mol. The van der Waals surface area contributed by atoms with E-state index in [4.69, 9.17) is 4.74 Å². The lowest BCUT2D eigenvalue weighted by Crippen LogP contribution is -2.45. The zero-order valence-electron chi connectivity index (χ0n) is 22.5. The van der Waals surface area contributed by atoms with Crippen molar-refractivity contribution < 1.29 is 17.9 Å². The summed E-state index contributed by atoms with van der Waals surface area (Å²) < 4.78 is 33.0. The van der Waals surface area contributed by atoms with Crippen LogP contribution >= 0.6 is 0 Å². The van der Waals surface area contributed by atoms with Crippen molar-refractivity contribution in [3.63, 3.8) is 0 Å². The first-order chi connectivity index (χ1) is 16.5. The van der Waals surface area contributed by atoms with E-state index in [1.807, 2.05) is 0 Å². The van der Waals surface area contributed by atoms with Crippen LogP contribution in [-0.4, -0.2) is 89.3 Å². The highest BCUT2D eigenvalue weighted by atomic mass is 32.2. The fourth-order valence-electron chi connectivity index (χ4n) is 5.94. The monoisotopic (exact) mass is 507 g/mol. The van der Waals surface area contributed by atoms with E-state index in [9.17, 15) is 13.2 Å². The standard InChI is InChI=1S/C27H45N3O4S/c1-20-15-26(34-6)16-21(2)27(20)35(32,33)29(5)11-10-25(31)18-22-7-8-24-19-30(14-13-28(3)4)12-9-23(24)17-22/h15-16,22-24H,7-14,17-19H2,1-6H3. The van der Waals surface area contributed by atoms with Crippen molar-refractivity contribution in [2.75, 3.05) is 61.0 Å². The first-order valence-electron chi connectivity index (χ1n) is 13.0. The number of nitrogens with zero attached hydrogens (tertiary/aromatic N) is 3. The van der Waals surface area contributed by atoms with Crippen LogP contribution in [0.3, 0.4) is 0 Å². The molecule has 0 spiro atoms. The third kappa shape index (κ3) is 7.28. The molecule has 0 amide bonds. The number of ether oxygens (including phenoxy) is 1. The fourth-order valence-corrected chi connectivity index (χ4v) is 7.51. The summed E-state index contributed by atoms with van der Waals surface area (Å²) >= 11 is 0. The van der Waals surface area contributed by atoms with Crippen molar-refractivity contribution in [3.05, 3.63) is 23.3 Å². The van der Waals surface area contributed by atoms with Crippen molar-refractivity contribution in [3.8, 4) is 5.75 Å². The zero-order chi connectivity index (χ0) is 25.8. The van der Waals surface area contributed by atoms with E-state index in [1.54, 1.807) is 40.1 Å². The molecule has 2 fully saturated rings. The van der Waals surface area contributed by atoms with Crippen LogP contribution in [0.4, 0.5) is 0 Å². The quantitative estimate of drug-likeness (QED) is 0.456. The van der Waals surface area contributed by atoms with Crippen LogP contribution in [0.15, 0.2) is 17.0 Å². The zero-order valence-corrected chi connectivity index (χ0v) is 23.4. The molecule has 3 atom stereocenters. The summed E-state index contributed by atoms with van der Waals surface area (Å²) in [6.45, 7) is 8.40. The maximum Gasteiger partial charge on any atom is 0.243 e. The lowest BCUT2D eigenvalue weighted by molar-refractivity contribution is -0.120. The minimum atomic E-state index is -3.67. The summed E-state index contributed by atoms with van der Waals surface area (Å²) in [6, 6.07) is 3.48. The first kappa shape index (κ1) is 28.1. The molecule has 1 aromatic rings. The fraction of sp³-hybridized carbons (Fsp3) is 0.741. The van der Waals surface area contributed by atoms with Crippen LogP contribution in [0.25, 0.3) is 0 Å². The number of methoxy groups -OCH3 is 1. The molecule has 3 unspecified atom stereocenters. The third-order valence-corrected chi connectivity index (χ3v) is 10.1. The minimum Gasteiger partial charge on any atom is -0.497 e. The molecule has 0 bridgehead atoms. The number of ketones is 1. The molecule has 3 rings (SSSR count). The van der Waals surface area contributed by atoms with Crippen LogP contribution in [-0.2, 0) is 14.8 Å². The SMILES string of the molecule is COc1cc(C)c(S(=O)(=O)N(C)CCC(=O)CC2CCC3CN(CCN(C)C)CCC3C2)c(C)c1. The molecular formula is C27H45N3O4S. The molecule has 1 saturated heterocycles. The maximum atomic E-state index is 13.2. The summed E-state index contributed by atoms with van der Waals surface area (Å²) in [7, 11) is 3.73. The van der Waals surface area contributed by atoms with Crippen LogP contribution < -0.4 is 4.74 Å². The largest absolute Gasteiger partial charge is 0.497 e. The summed E-state index contributed by atoms with van der Waals surface area (Å²) in [4.78, 5) is 18.0. The lowest BCUT2D eigenvalue weighted by Gasteiger charge is -2.44. The van der Waals surface area contributed by atoms with Gasteiger partial charge in [-0.25, -0.2) is 12.7 Å². The van der Waals surface area contributed by atoms with Gasteiger partial charge in [-0.1, -0.05) is 0 Å². The number of piperidine rings is 1. The maximum absolute atomic E-state index is 13.2. The summed E-state index contributed by atoms with van der Waals surface area (Å²) in [5.41, 5.74) is 1.31. The predicted octanol–water partition coefficient (Wildman–Crippen LogP) is 3.58. The minimum absolute atomic E-state index is 0.182. The Balaban J connectivity index is 1.48. The molecule has 35 heavy (non-hydrogen) atoms. The van der Waals surface area contributed by atoms with Gasteiger partial charge in [0.15, 0.2) is 0 Å². The van der Waals surface area contributed by atoms with Crippen LogP contribution in [0.5, 0.6) is 5.75 Å². The summed E-state index contributed by atoms with van der Waals surface area (Å²) in [5.74, 6) is 2.78. The molecule has 1 saturated carbocycles. The molecule has 1 aliphatic heterocycles. The normalized spacial score (nSPS) is 23.5. The Morgan fingerprint density at radius 3 is 2.37 bits per heavy atom. The summed E-state index contributed by atoms with van der Waals surface area (Å²) in [6.07, 6.45) is 5.58. The van der Waals surface area contributed by atoms with Gasteiger partial charge in [0.2, 0.25) is 10.0 Å². The van der Waals surface area contributed by atoms with Gasteiger partial charge in [0.05, 0.1) is 12.0 Å². The Morgan fingerprint density at radius 1 is 1.06 bits per heavy atom. The van der Waals surface area contributed by atoms with Crippen molar-refractivity contribution in [2.24, 2.45) is 17.8 Å². The predicted molar refractivity (Wildman–Crippen MR) is 140 cm³/mol. The highest BCUT2D eigenvalue weighted by Crippen LogP contribution is 2.40. The molecule has 0 radical (unpaired) electrons. The van der Waals surface area contributed by atoms with Gasteiger partial charge in [-0.2, -0.15) is 0 Å². The van der Waals surface area contributed by atoms with Gasteiger partial charge >= 0.3 is 0 Å². The van der Waals surface area contributed by atoms with Crippen LogP contribution in [0.2, 0.25) is 0 Å². The van der Waals surface area contributed by atoms with E-state index in [2.05, 4.69) is 23.9 Å². The molecule has 8 heteroatoms. The molecule has 1 aliphatic carbocycles. The number of Topliss-reactive ketones (excluding diaryl/α,β-unsaturated/α-hetero) is 1. The van der Waals surface area contributed by atoms with E-state index in [0.29, 0.717) is 34.1 Å². The molecule has 7 nitrogen and oxygen atoms in total. The molecule has 2 aliphatic rings. The Labute approximate surface area is 212 Å². The molecule has 198 valence electrons. The van der Waals surface area contributed by atoms with E-state index in [0.717, 1.165) is 37.8 Å². The average Bonchev–Trinajstić information content (AvgIpc) is 2.80. The Hall–Kier alpha value is -1.48. The highest BCUT2D eigenvalue weighted by molar-refractivity contribution is 7.89. The number of aryl methyl sites for hydroxylation is 2. The molecule has 1 aromatic carbocycles. The number of hydrogen-bond donors (Lipinski definition) is 0. The van der Waals surface area contributed by atoms with Crippen molar-refractivity contribution >= 4 is 15.8 Å². The second-order valence-corrected chi connectivity index (χ2v) is 13.0. The van der Waals surface area contributed by atoms with Gasteiger partial charge in [-0.15, -0.1) is 0 Å². The second kappa shape index (κ2) is 12.2. The first-order valence-corrected chi connectivity index (χ1v) is 14.5. The number of carbonyl (C=O) groups is 1. The molecule has 0 N–H and O–H groups in total. The third-order valence-electron chi connectivity index (χ3n) is 7.98. The van der Waals surface area contributed by atoms with Gasteiger partial charge in [0.25, 0.3) is 0 Å².